The molecule has 4 nitrogen and oxygen atoms in total. The van der Waals surface area contributed by atoms with Crippen molar-refractivity contribution in [3.8, 4) is 0 Å². The summed E-state index contributed by atoms with van der Waals surface area (Å²) in [6, 6.07) is 3.76. The lowest BCUT2D eigenvalue weighted by Gasteiger charge is -2.36. The third-order valence-electron chi connectivity index (χ3n) is 4.28. The van der Waals surface area contributed by atoms with Crippen molar-refractivity contribution in [2.45, 2.75) is 38.5 Å². The van der Waals surface area contributed by atoms with Gasteiger partial charge in [-0.05, 0) is 43.0 Å². The largest absolute Gasteiger partial charge is 0.352 e. The van der Waals surface area contributed by atoms with Gasteiger partial charge in [0, 0.05) is 6.54 Å². The molecule has 0 aromatic heterocycles. The summed E-state index contributed by atoms with van der Waals surface area (Å²) < 4.78 is 10.9. The van der Waals surface area contributed by atoms with Crippen LogP contribution >= 0.6 is 23.2 Å². The van der Waals surface area contributed by atoms with Crippen LogP contribution in [0.1, 0.15) is 36.9 Å². The van der Waals surface area contributed by atoms with E-state index in [2.05, 4.69) is 0 Å². The van der Waals surface area contributed by atoms with Crippen molar-refractivity contribution in [1.29, 1.82) is 0 Å². The Balaban J connectivity index is 1.72. The summed E-state index contributed by atoms with van der Waals surface area (Å²) in [6.45, 7) is 4.01. The fraction of sp³-hybridized carbons (Fsp3) is 0.562. The van der Waals surface area contributed by atoms with Crippen LogP contribution in [0.15, 0.2) is 12.1 Å². The fourth-order valence-corrected chi connectivity index (χ4v) is 3.42. The van der Waals surface area contributed by atoms with Gasteiger partial charge in [0.15, 0.2) is 6.29 Å². The molecule has 1 fully saturated rings. The molecule has 0 spiro atoms. The number of benzene rings is 1. The lowest BCUT2D eigenvalue weighted by Crippen LogP contribution is -2.41. The third kappa shape index (κ3) is 3.25. The van der Waals surface area contributed by atoms with Crippen LogP contribution in [0.4, 0.5) is 0 Å². The van der Waals surface area contributed by atoms with E-state index >= 15 is 0 Å². The molecule has 0 aliphatic carbocycles. The van der Waals surface area contributed by atoms with Crippen LogP contribution in [-0.4, -0.2) is 36.9 Å². The molecule has 1 aromatic carbocycles. The predicted molar refractivity (Wildman–Crippen MR) is 85.2 cm³/mol. The van der Waals surface area contributed by atoms with Gasteiger partial charge in [0.1, 0.15) is 0 Å². The quantitative estimate of drug-likeness (QED) is 0.823. The number of rotatable bonds is 2. The van der Waals surface area contributed by atoms with Crippen molar-refractivity contribution >= 4 is 29.1 Å². The smallest absolute Gasteiger partial charge is 0.228 e. The molecule has 0 radical (unpaired) electrons. The summed E-state index contributed by atoms with van der Waals surface area (Å²) in [5.41, 5.74) is 2.23. The van der Waals surface area contributed by atoms with Gasteiger partial charge < -0.3 is 14.4 Å². The fourth-order valence-electron chi connectivity index (χ4n) is 3.07. The molecule has 1 aromatic rings. The number of fused-ring (bicyclic) bond motifs is 1. The van der Waals surface area contributed by atoms with Crippen LogP contribution in [-0.2, 0) is 20.7 Å². The molecule has 1 saturated heterocycles. The van der Waals surface area contributed by atoms with Gasteiger partial charge in [0.2, 0.25) is 5.91 Å². The summed E-state index contributed by atoms with van der Waals surface area (Å²) in [7, 11) is 0. The number of hydrogen-bond donors (Lipinski definition) is 0. The molecule has 0 N–H and O–H groups in total. The molecule has 0 bridgehead atoms. The minimum atomic E-state index is -0.413. The standard InChI is InChI=1S/C16H19Cl2NO3/c1-10-12-8-14(18)13(17)7-11(12)3-4-19(10)15(20)9-16-21-5-2-6-22-16/h7-8,10,16H,2-6,9H2,1H3. The molecule has 1 atom stereocenters. The minimum absolute atomic E-state index is 0.0189. The van der Waals surface area contributed by atoms with Crippen molar-refractivity contribution < 1.29 is 14.3 Å². The maximum absolute atomic E-state index is 12.5. The monoisotopic (exact) mass is 343 g/mol. The molecule has 2 heterocycles. The van der Waals surface area contributed by atoms with Crippen molar-refractivity contribution in [2.24, 2.45) is 0 Å². The second kappa shape index (κ2) is 6.75. The summed E-state index contributed by atoms with van der Waals surface area (Å²) in [5.74, 6) is 0.0520. The molecule has 1 amide bonds. The molecule has 22 heavy (non-hydrogen) atoms. The Morgan fingerprint density at radius 2 is 1.95 bits per heavy atom. The van der Waals surface area contributed by atoms with Crippen LogP contribution in [0.3, 0.4) is 0 Å². The van der Waals surface area contributed by atoms with E-state index in [9.17, 15) is 4.79 Å². The number of nitrogens with zero attached hydrogens (tertiary/aromatic N) is 1. The molecule has 0 saturated carbocycles. The van der Waals surface area contributed by atoms with Gasteiger partial charge in [-0.1, -0.05) is 23.2 Å². The summed E-state index contributed by atoms with van der Waals surface area (Å²) in [4.78, 5) is 14.4. The third-order valence-corrected chi connectivity index (χ3v) is 5.00. The summed E-state index contributed by atoms with van der Waals surface area (Å²) >= 11 is 12.2. The van der Waals surface area contributed by atoms with Gasteiger partial charge in [-0.25, -0.2) is 0 Å². The highest BCUT2D eigenvalue weighted by Crippen LogP contribution is 2.35. The molecule has 120 valence electrons. The molecule has 3 rings (SSSR count). The number of carbonyl (C=O) groups is 1. The van der Waals surface area contributed by atoms with Crippen LogP contribution in [0, 0.1) is 0 Å². The topological polar surface area (TPSA) is 38.8 Å². The number of halogens is 2. The zero-order valence-electron chi connectivity index (χ0n) is 12.5. The first kappa shape index (κ1) is 16.1. The normalized spacial score (nSPS) is 22.5. The lowest BCUT2D eigenvalue weighted by atomic mass is 9.93. The van der Waals surface area contributed by atoms with Crippen molar-refractivity contribution in [1.82, 2.24) is 4.90 Å². The first-order valence-corrected chi connectivity index (χ1v) is 8.32. The van der Waals surface area contributed by atoms with Gasteiger partial charge in [-0.15, -0.1) is 0 Å². The summed E-state index contributed by atoms with van der Waals surface area (Å²) in [6.07, 6.45) is 1.52. The average Bonchev–Trinajstić information content (AvgIpc) is 2.50. The van der Waals surface area contributed by atoms with Gasteiger partial charge in [0.25, 0.3) is 0 Å². The second-order valence-electron chi connectivity index (χ2n) is 5.71. The van der Waals surface area contributed by atoms with Crippen LogP contribution in [0.25, 0.3) is 0 Å². The minimum Gasteiger partial charge on any atom is -0.352 e. The molecule has 6 heteroatoms. The SMILES string of the molecule is CC1c2cc(Cl)c(Cl)cc2CCN1C(=O)CC1OCCCO1. The Bertz CT molecular complexity index is 573. The number of carbonyl (C=O) groups excluding carboxylic acids is 1. The van der Waals surface area contributed by atoms with E-state index in [1.165, 1.54) is 0 Å². The van der Waals surface area contributed by atoms with E-state index < -0.39 is 6.29 Å². The average molecular weight is 344 g/mol. The Labute approximate surface area is 140 Å². The first-order valence-electron chi connectivity index (χ1n) is 7.56. The maximum Gasteiger partial charge on any atom is 0.228 e. The van der Waals surface area contributed by atoms with Gasteiger partial charge >= 0.3 is 0 Å². The molecule has 1 unspecified atom stereocenters. The van der Waals surface area contributed by atoms with Gasteiger partial charge in [0.05, 0.1) is 35.7 Å². The van der Waals surface area contributed by atoms with E-state index in [-0.39, 0.29) is 18.4 Å². The van der Waals surface area contributed by atoms with E-state index in [1.54, 1.807) is 0 Å². The highest BCUT2D eigenvalue weighted by Gasteiger charge is 2.30. The Morgan fingerprint density at radius 1 is 1.27 bits per heavy atom. The molecular formula is C16H19Cl2NO3. The van der Waals surface area contributed by atoms with Crippen LogP contribution in [0.5, 0.6) is 0 Å². The van der Waals surface area contributed by atoms with Crippen molar-refractivity contribution in [3.63, 3.8) is 0 Å². The Hall–Kier alpha value is -0.810. The zero-order chi connectivity index (χ0) is 15.7. The Kier molecular flexibility index (Phi) is 4.93. The van der Waals surface area contributed by atoms with E-state index in [4.69, 9.17) is 32.7 Å². The molecule has 2 aliphatic rings. The van der Waals surface area contributed by atoms with E-state index in [0.717, 1.165) is 24.0 Å². The number of ether oxygens (including phenoxy) is 2. The molecule has 2 aliphatic heterocycles. The second-order valence-corrected chi connectivity index (χ2v) is 6.52. The number of amides is 1. The van der Waals surface area contributed by atoms with Crippen molar-refractivity contribution in [2.75, 3.05) is 19.8 Å². The maximum atomic E-state index is 12.5. The Morgan fingerprint density at radius 3 is 2.68 bits per heavy atom. The zero-order valence-corrected chi connectivity index (χ0v) is 14.0. The van der Waals surface area contributed by atoms with E-state index in [0.29, 0.717) is 29.8 Å². The van der Waals surface area contributed by atoms with Gasteiger partial charge in [-0.3, -0.25) is 4.79 Å². The van der Waals surface area contributed by atoms with Crippen molar-refractivity contribution in [3.05, 3.63) is 33.3 Å². The first-order chi connectivity index (χ1) is 10.6. The lowest BCUT2D eigenvalue weighted by molar-refractivity contribution is -0.187. The van der Waals surface area contributed by atoms with E-state index in [1.807, 2.05) is 24.0 Å². The predicted octanol–water partition coefficient (Wildman–Crippen LogP) is 3.59. The highest BCUT2D eigenvalue weighted by atomic mass is 35.5. The number of hydrogen-bond acceptors (Lipinski definition) is 3. The molecular weight excluding hydrogens is 325 g/mol. The van der Waals surface area contributed by atoms with Gasteiger partial charge in [-0.2, -0.15) is 0 Å². The highest BCUT2D eigenvalue weighted by molar-refractivity contribution is 6.42. The van der Waals surface area contributed by atoms with Crippen LogP contribution < -0.4 is 0 Å². The van der Waals surface area contributed by atoms with Crippen LogP contribution in [0.2, 0.25) is 10.0 Å². The summed E-state index contributed by atoms with van der Waals surface area (Å²) in [5, 5.41) is 1.09.